The molecule has 1 aliphatic carbocycles. The number of aryl methyl sites for hydroxylation is 3. The van der Waals surface area contributed by atoms with Crippen LogP contribution in [0, 0.1) is 13.8 Å². The van der Waals surface area contributed by atoms with Crippen molar-refractivity contribution in [1.82, 2.24) is 4.98 Å². The lowest BCUT2D eigenvalue weighted by Crippen LogP contribution is -2.12. The van der Waals surface area contributed by atoms with E-state index in [0.29, 0.717) is 0 Å². The quantitative estimate of drug-likeness (QED) is 0.596. The van der Waals surface area contributed by atoms with Gasteiger partial charge in [-0.15, -0.1) is 0 Å². The molecule has 0 unspecified atom stereocenters. The van der Waals surface area contributed by atoms with Crippen molar-refractivity contribution in [1.29, 1.82) is 0 Å². The van der Waals surface area contributed by atoms with E-state index in [4.69, 9.17) is 10.8 Å². The number of rotatable bonds is 1. The molecular weight excluding hydrogens is 222 g/mol. The Morgan fingerprint density at radius 2 is 1.94 bits per heavy atom. The highest BCUT2D eigenvalue weighted by Crippen LogP contribution is 2.33. The van der Waals surface area contributed by atoms with Crippen LogP contribution in [0.4, 0.5) is 5.69 Å². The number of nitrogen functional groups attached to an aromatic ring is 1. The summed E-state index contributed by atoms with van der Waals surface area (Å²) in [4.78, 5) is 4.80. The van der Waals surface area contributed by atoms with E-state index >= 15 is 0 Å². The summed E-state index contributed by atoms with van der Waals surface area (Å²) in [7, 11) is 0. The average molecular weight is 241 g/mol. The number of hydrazine groups is 1. The van der Waals surface area contributed by atoms with Crippen molar-refractivity contribution in [3.63, 3.8) is 0 Å². The molecule has 0 radical (unpaired) electrons. The molecule has 94 valence electrons. The lowest BCUT2D eigenvalue weighted by Gasteiger charge is -2.20. The van der Waals surface area contributed by atoms with Gasteiger partial charge in [-0.05, 0) is 56.2 Å². The van der Waals surface area contributed by atoms with E-state index in [1.165, 1.54) is 30.4 Å². The zero-order valence-corrected chi connectivity index (χ0v) is 11.0. The molecule has 0 atom stereocenters. The predicted octanol–water partition coefficient (Wildman–Crippen LogP) is 3.02. The van der Waals surface area contributed by atoms with E-state index in [1.54, 1.807) is 0 Å². The summed E-state index contributed by atoms with van der Waals surface area (Å²) in [6, 6.07) is 4.40. The Morgan fingerprint density at radius 1 is 1.17 bits per heavy atom. The number of nitrogens with one attached hydrogen (secondary N) is 1. The molecule has 1 aliphatic rings. The van der Waals surface area contributed by atoms with Crippen LogP contribution < -0.4 is 11.3 Å². The van der Waals surface area contributed by atoms with Crippen LogP contribution in [0.1, 0.15) is 35.2 Å². The summed E-state index contributed by atoms with van der Waals surface area (Å²) in [5.41, 5.74) is 10.1. The van der Waals surface area contributed by atoms with Gasteiger partial charge in [-0.1, -0.05) is 12.1 Å². The monoisotopic (exact) mass is 241 g/mol. The molecule has 0 saturated carbocycles. The average Bonchev–Trinajstić information content (AvgIpc) is 2.40. The zero-order valence-electron chi connectivity index (χ0n) is 11.0. The van der Waals surface area contributed by atoms with Gasteiger partial charge in [0.15, 0.2) is 0 Å². The second kappa shape index (κ2) is 4.25. The van der Waals surface area contributed by atoms with Gasteiger partial charge in [0, 0.05) is 11.1 Å². The van der Waals surface area contributed by atoms with Crippen molar-refractivity contribution in [2.45, 2.75) is 39.5 Å². The van der Waals surface area contributed by atoms with Gasteiger partial charge in [0.25, 0.3) is 0 Å². The number of nitrogens with two attached hydrogens (primary N) is 1. The lowest BCUT2D eigenvalue weighted by atomic mass is 9.89. The fourth-order valence-electron chi connectivity index (χ4n) is 2.96. The van der Waals surface area contributed by atoms with Crippen LogP contribution >= 0.6 is 0 Å². The second-order valence-electron chi connectivity index (χ2n) is 5.15. The number of fused-ring (bicyclic) bond motifs is 3. The van der Waals surface area contributed by atoms with E-state index in [-0.39, 0.29) is 0 Å². The van der Waals surface area contributed by atoms with Crippen molar-refractivity contribution < 1.29 is 0 Å². The van der Waals surface area contributed by atoms with E-state index in [2.05, 4.69) is 31.4 Å². The molecule has 3 heteroatoms. The van der Waals surface area contributed by atoms with Crippen molar-refractivity contribution in [2.24, 2.45) is 5.84 Å². The van der Waals surface area contributed by atoms with Crippen molar-refractivity contribution in [3.8, 4) is 0 Å². The third kappa shape index (κ3) is 1.58. The standard InChI is InChI=1S/C15H19N3/c1-9-10(2)17-15-12-6-4-3-5-11(12)7-8-13(15)14(9)18-16/h7-8H,3-6,16H2,1-2H3,(H,17,18). The highest BCUT2D eigenvalue weighted by Gasteiger charge is 2.16. The Bertz CT molecular complexity index is 617. The van der Waals surface area contributed by atoms with Crippen LogP contribution in [-0.4, -0.2) is 4.98 Å². The number of hydrogen-bond acceptors (Lipinski definition) is 3. The Morgan fingerprint density at radius 3 is 2.72 bits per heavy atom. The summed E-state index contributed by atoms with van der Waals surface area (Å²) in [6.07, 6.45) is 4.90. The molecule has 0 aliphatic heterocycles. The van der Waals surface area contributed by atoms with Crippen LogP contribution in [0.25, 0.3) is 10.9 Å². The maximum atomic E-state index is 5.68. The van der Waals surface area contributed by atoms with Gasteiger partial charge in [-0.3, -0.25) is 10.8 Å². The molecule has 3 rings (SSSR count). The van der Waals surface area contributed by atoms with Crippen LogP contribution in [0.2, 0.25) is 0 Å². The minimum Gasteiger partial charge on any atom is -0.323 e. The molecular formula is C15H19N3. The molecule has 18 heavy (non-hydrogen) atoms. The van der Waals surface area contributed by atoms with Gasteiger partial charge >= 0.3 is 0 Å². The zero-order chi connectivity index (χ0) is 12.7. The Hall–Kier alpha value is -1.61. The van der Waals surface area contributed by atoms with Crippen LogP contribution in [0.15, 0.2) is 12.1 Å². The molecule has 3 nitrogen and oxygen atoms in total. The molecule has 2 aromatic rings. The first-order valence-electron chi connectivity index (χ1n) is 6.60. The van der Waals surface area contributed by atoms with Gasteiger partial charge in [-0.25, -0.2) is 0 Å². The normalized spacial score (nSPS) is 14.6. The van der Waals surface area contributed by atoms with Gasteiger partial charge in [0.1, 0.15) is 0 Å². The molecule has 3 N–H and O–H groups in total. The summed E-state index contributed by atoms with van der Waals surface area (Å²) in [5.74, 6) is 5.68. The first kappa shape index (κ1) is 11.5. The van der Waals surface area contributed by atoms with Crippen LogP contribution in [-0.2, 0) is 12.8 Å². The first-order chi connectivity index (χ1) is 8.72. The molecule has 0 fully saturated rings. The van der Waals surface area contributed by atoms with Crippen LogP contribution in [0.3, 0.4) is 0 Å². The Kier molecular flexibility index (Phi) is 2.71. The maximum Gasteiger partial charge on any atom is 0.0761 e. The number of aromatic nitrogens is 1. The summed E-state index contributed by atoms with van der Waals surface area (Å²) >= 11 is 0. The SMILES string of the molecule is Cc1nc2c3c(ccc2c(NN)c1C)CCCC3. The van der Waals surface area contributed by atoms with Gasteiger partial charge in [0.2, 0.25) is 0 Å². The molecule has 1 aromatic heterocycles. The summed E-state index contributed by atoms with van der Waals surface area (Å²) in [5, 5.41) is 1.15. The van der Waals surface area contributed by atoms with Crippen molar-refractivity contribution in [2.75, 3.05) is 5.43 Å². The first-order valence-corrected chi connectivity index (χ1v) is 6.60. The predicted molar refractivity (Wildman–Crippen MR) is 75.7 cm³/mol. The smallest absolute Gasteiger partial charge is 0.0761 e. The second-order valence-corrected chi connectivity index (χ2v) is 5.15. The third-order valence-electron chi connectivity index (χ3n) is 4.11. The summed E-state index contributed by atoms with van der Waals surface area (Å²) < 4.78 is 0. The number of nitrogens with zero attached hydrogens (tertiary/aromatic N) is 1. The lowest BCUT2D eigenvalue weighted by molar-refractivity contribution is 0.689. The number of benzene rings is 1. The fraction of sp³-hybridized carbons (Fsp3) is 0.400. The van der Waals surface area contributed by atoms with E-state index in [1.807, 2.05) is 0 Å². The molecule has 1 heterocycles. The van der Waals surface area contributed by atoms with Crippen molar-refractivity contribution in [3.05, 3.63) is 34.5 Å². The molecule has 0 saturated heterocycles. The largest absolute Gasteiger partial charge is 0.323 e. The minimum absolute atomic E-state index is 1.02. The Balaban J connectivity index is 2.38. The maximum absolute atomic E-state index is 5.68. The van der Waals surface area contributed by atoms with Gasteiger partial charge in [-0.2, -0.15) is 0 Å². The van der Waals surface area contributed by atoms with Gasteiger partial charge < -0.3 is 5.43 Å². The number of pyridine rings is 1. The third-order valence-corrected chi connectivity index (χ3v) is 4.11. The molecule has 0 amide bonds. The van der Waals surface area contributed by atoms with E-state index < -0.39 is 0 Å². The topological polar surface area (TPSA) is 50.9 Å². The summed E-state index contributed by atoms with van der Waals surface area (Å²) in [6.45, 7) is 4.12. The molecule has 1 aromatic carbocycles. The number of anilines is 1. The highest BCUT2D eigenvalue weighted by molar-refractivity contribution is 5.95. The molecule has 0 spiro atoms. The van der Waals surface area contributed by atoms with Crippen molar-refractivity contribution >= 4 is 16.6 Å². The van der Waals surface area contributed by atoms with E-state index in [9.17, 15) is 0 Å². The van der Waals surface area contributed by atoms with Gasteiger partial charge in [0.05, 0.1) is 11.2 Å². The fourth-order valence-corrected chi connectivity index (χ4v) is 2.96. The number of hydrogen-bond donors (Lipinski definition) is 2. The minimum atomic E-state index is 1.02. The van der Waals surface area contributed by atoms with E-state index in [0.717, 1.165) is 34.3 Å². The molecule has 0 bridgehead atoms. The van der Waals surface area contributed by atoms with Crippen LogP contribution in [0.5, 0.6) is 0 Å². The Labute approximate surface area is 107 Å². The highest BCUT2D eigenvalue weighted by atomic mass is 15.2.